The minimum Gasteiger partial charge on any atom is -0.367 e. The number of nitrogens with one attached hydrogen (secondary N) is 2. The molecule has 4 heteroatoms. The third kappa shape index (κ3) is 3.34. The Morgan fingerprint density at radius 2 is 2.06 bits per heavy atom. The van der Waals surface area contributed by atoms with Crippen LogP contribution in [0.4, 0.5) is 0 Å². The predicted molar refractivity (Wildman–Crippen MR) is 75.7 cm³/mol. The molecule has 2 rings (SSSR count). The van der Waals surface area contributed by atoms with E-state index in [0.717, 1.165) is 13.1 Å². The first kappa shape index (κ1) is 13.6. The fourth-order valence-electron chi connectivity index (χ4n) is 2.78. The summed E-state index contributed by atoms with van der Waals surface area (Å²) in [6.07, 6.45) is 5.32. The molecule has 0 radical (unpaired) electrons. The third-order valence-electron chi connectivity index (χ3n) is 3.97. The highest BCUT2D eigenvalue weighted by Crippen LogP contribution is 2.25. The average molecular weight is 250 g/mol. The van der Waals surface area contributed by atoms with Gasteiger partial charge in [0.25, 0.3) is 0 Å². The van der Waals surface area contributed by atoms with Gasteiger partial charge in [-0.15, -0.1) is 0 Å². The van der Waals surface area contributed by atoms with E-state index in [-0.39, 0.29) is 0 Å². The van der Waals surface area contributed by atoms with Crippen LogP contribution in [0.2, 0.25) is 0 Å². The van der Waals surface area contributed by atoms with Crippen LogP contribution in [0.1, 0.15) is 24.9 Å². The molecule has 1 aliphatic heterocycles. The van der Waals surface area contributed by atoms with Crippen LogP contribution in [-0.2, 0) is 0 Å². The normalized spacial score (nSPS) is 21.1. The number of aromatic nitrogens is 1. The second-order valence-corrected chi connectivity index (χ2v) is 5.49. The van der Waals surface area contributed by atoms with Crippen LogP contribution in [0.25, 0.3) is 0 Å². The molecule has 0 bridgehead atoms. The van der Waals surface area contributed by atoms with Crippen LogP contribution in [0, 0.1) is 0 Å². The number of H-pyrrole nitrogens is 1. The molecule has 1 fully saturated rings. The molecule has 2 N–H and O–H groups in total. The number of piperazine rings is 1. The molecule has 2 atom stereocenters. The van der Waals surface area contributed by atoms with Gasteiger partial charge in [-0.05, 0) is 39.1 Å². The molecule has 2 heterocycles. The highest BCUT2D eigenvalue weighted by atomic mass is 15.2. The summed E-state index contributed by atoms with van der Waals surface area (Å²) >= 11 is 0. The first-order valence-corrected chi connectivity index (χ1v) is 6.92. The molecule has 0 aliphatic carbocycles. The van der Waals surface area contributed by atoms with Gasteiger partial charge in [0.05, 0.1) is 0 Å². The van der Waals surface area contributed by atoms with Crippen LogP contribution < -0.4 is 5.32 Å². The summed E-state index contributed by atoms with van der Waals surface area (Å²) in [5.74, 6) is 0. The molecule has 1 saturated heterocycles. The van der Waals surface area contributed by atoms with Crippen molar-refractivity contribution < 1.29 is 0 Å². The van der Waals surface area contributed by atoms with Gasteiger partial charge in [-0.1, -0.05) is 0 Å². The summed E-state index contributed by atoms with van der Waals surface area (Å²) in [6, 6.07) is 3.32. The maximum Gasteiger partial charge on any atom is 0.0371 e. The topological polar surface area (TPSA) is 34.3 Å². The number of nitrogens with zero attached hydrogens (tertiary/aromatic N) is 2. The fraction of sp³-hybridized carbons (Fsp3) is 0.714. The van der Waals surface area contributed by atoms with Gasteiger partial charge in [0.2, 0.25) is 0 Å². The Labute approximate surface area is 110 Å². The van der Waals surface area contributed by atoms with E-state index in [2.05, 4.69) is 53.4 Å². The van der Waals surface area contributed by atoms with Crippen LogP contribution in [-0.4, -0.2) is 61.1 Å². The summed E-state index contributed by atoms with van der Waals surface area (Å²) in [5, 5.41) is 3.42. The number of hydrogen-bond donors (Lipinski definition) is 2. The van der Waals surface area contributed by atoms with Gasteiger partial charge in [-0.2, -0.15) is 0 Å². The van der Waals surface area contributed by atoms with Crippen molar-refractivity contribution in [3.05, 3.63) is 24.0 Å². The SMILES string of the molecule is CC(CC(c1cc[nH]c1)N(C)C)N1CCNCC1. The van der Waals surface area contributed by atoms with Crippen molar-refractivity contribution in [3.8, 4) is 0 Å². The lowest BCUT2D eigenvalue weighted by Crippen LogP contribution is -2.48. The molecule has 0 spiro atoms. The van der Waals surface area contributed by atoms with Crippen molar-refractivity contribution in [3.63, 3.8) is 0 Å². The summed E-state index contributed by atoms with van der Waals surface area (Å²) in [5.41, 5.74) is 1.39. The maximum atomic E-state index is 3.42. The van der Waals surface area contributed by atoms with Gasteiger partial charge in [0.1, 0.15) is 0 Å². The van der Waals surface area contributed by atoms with Crippen molar-refractivity contribution in [2.24, 2.45) is 0 Å². The van der Waals surface area contributed by atoms with E-state index in [1.165, 1.54) is 25.1 Å². The molecular weight excluding hydrogens is 224 g/mol. The van der Waals surface area contributed by atoms with E-state index in [4.69, 9.17) is 0 Å². The highest BCUT2D eigenvalue weighted by Gasteiger charge is 2.22. The Morgan fingerprint density at radius 1 is 1.33 bits per heavy atom. The first-order valence-electron chi connectivity index (χ1n) is 6.92. The van der Waals surface area contributed by atoms with E-state index >= 15 is 0 Å². The second kappa shape index (κ2) is 6.36. The van der Waals surface area contributed by atoms with Gasteiger partial charge in [0, 0.05) is 50.7 Å². The van der Waals surface area contributed by atoms with E-state index < -0.39 is 0 Å². The van der Waals surface area contributed by atoms with E-state index in [9.17, 15) is 0 Å². The van der Waals surface area contributed by atoms with Crippen LogP contribution in [0.3, 0.4) is 0 Å². The van der Waals surface area contributed by atoms with Gasteiger partial charge >= 0.3 is 0 Å². The van der Waals surface area contributed by atoms with Gasteiger partial charge < -0.3 is 15.2 Å². The van der Waals surface area contributed by atoms with E-state index in [1.807, 2.05) is 6.20 Å². The standard InChI is InChI=1S/C14H26N4/c1-12(18-8-6-15-7-9-18)10-14(17(2)3)13-4-5-16-11-13/h4-5,11-12,14-16H,6-10H2,1-3H3. The molecular formula is C14H26N4. The molecule has 0 saturated carbocycles. The van der Waals surface area contributed by atoms with Crippen molar-refractivity contribution in [2.75, 3.05) is 40.3 Å². The zero-order valence-corrected chi connectivity index (χ0v) is 11.8. The highest BCUT2D eigenvalue weighted by molar-refractivity contribution is 5.14. The lowest BCUT2D eigenvalue weighted by molar-refractivity contribution is 0.144. The van der Waals surface area contributed by atoms with Crippen LogP contribution in [0.15, 0.2) is 18.5 Å². The second-order valence-electron chi connectivity index (χ2n) is 5.49. The van der Waals surface area contributed by atoms with Gasteiger partial charge in [-0.3, -0.25) is 4.90 Å². The fourth-order valence-corrected chi connectivity index (χ4v) is 2.78. The molecule has 102 valence electrons. The summed E-state index contributed by atoms with van der Waals surface area (Å²) in [4.78, 5) is 8.09. The van der Waals surface area contributed by atoms with E-state index in [1.54, 1.807) is 0 Å². The Balaban J connectivity index is 1.96. The minimum absolute atomic E-state index is 0.501. The number of hydrogen-bond acceptors (Lipinski definition) is 3. The Kier molecular flexibility index (Phi) is 4.80. The largest absolute Gasteiger partial charge is 0.367 e. The smallest absolute Gasteiger partial charge is 0.0371 e. The summed E-state index contributed by atoms with van der Waals surface area (Å²) in [7, 11) is 4.34. The predicted octanol–water partition coefficient (Wildman–Crippen LogP) is 1.30. The molecule has 1 aromatic rings. The molecule has 2 unspecified atom stereocenters. The van der Waals surface area contributed by atoms with Crippen molar-refractivity contribution in [1.29, 1.82) is 0 Å². The maximum absolute atomic E-state index is 3.42. The molecule has 1 aliphatic rings. The average Bonchev–Trinajstić information content (AvgIpc) is 2.90. The zero-order valence-electron chi connectivity index (χ0n) is 11.8. The monoisotopic (exact) mass is 250 g/mol. The minimum atomic E-state index is 0.501. The quantitative estimate of drug-likeness (QED) is 0.826. The van der Waals surface area contributed by atoms with Crippen molar-refractivity contribution >= 4 is 0 Å². The first-order chi connectivity index (χ1) is 8.68. The Bertz CT molecular complexity index is 328. The lowest BCUT2D eigenvalue weighted by atomic mass is 10.0. The lowest BCUT2D eigenvalue weighted by Gasteiger charge is -2.36. The third-order valence-corrected chi connectivity index (χ3v) is 3.97. The Hall–Kier alpha value is -0.840. The summed E-state index contributed by atoms with van der Waals surface area (Å²) < 4.78 is 0. The Morgan fingerprint density at radius 3 is 2.61 bits per heavy atom. The molecule has 1 aromatic heterocycles. The molecule has 4 nitrogen and oxygen atoms in total. The molecule has 0 aromatic carbocycles. The van der Waals surface area contributed by atoms with Gasteiger partial charge in [0.15, 0.2) is 0 Å². The molecule has 18 heavy (non-hydrogen) atoms. The van der Waals surface area contributed by atoms with Crippen molar-refractivity contribution in [2.45, 2.75) is 25.4 Å². The van der Waals surface area contributed by atoms with Gasteiger partial charge in [-0.25, -0.2) is 0 Å². The molecule has 0 amide bonds. The van der Waals surface area contributed by atoms with E-state index in [0.29, 0.717) is 12.1 Å². The number of rotatable bonds is 5. The van der Waals surface area contributed by atoms with Crippen LogP contribution in [0.5, 0.6) is 0 Å². The zero-order chi connectivity index (χ0) is 13.0. The van der Waals surface area contributed by atoms with Crippen LogP contribution >= 0.6 is 0 Å². The van der Waals surface area contributed by atoms with Crippen molar-refractivity contribution in [1.82, 2.24) is 20.1 Å². The number of aromatic amines is 1. The summed E-state index contributed by atoms with van der Waals surface area (Å²) in [6.45, 7) is 6.96.